The molecule has 0 aliphatic carbocycles. The van der Waals surface area contributed by atoms with E-state index in [1.165, 1.54) is 11.0 Å². The molecule has 0 fully saturated rings. The lowest BCUT2D eigenvalue weighted by Gasteiger charge is -2.12. The molecule has 0 saturated heterocycles. The summed E-state index contributed by atoms with van der Waals surface area (Å²) in [4.78, 5) is 13.0. The fraction of sp³-hybridized carbons (Fsp3) is 0.182. The molecule has 1 rings (SSSR count). The summed E-state index contributed by atoms with van der Waals surface area (Å²) in [7, 11) is 3.28. The Bertz CT molecular complexity index is 370. The van der Waals surface area contributed by atoms with E-state index in [1.54, 1.807) is 32.3 Å². The minimum atomic E-state index is -0.216. The standard InChI is InChI=1S/C11H13NO2/c1-4-8-6-5-7-9(10(8)13)11(14)12(2)3/h4-7,13H,1H2,2-3H3. The molecule has 0 atom stereocenters. The number of carbonyl (C=O) groups excluding carboxylic acids is 1. The van der Waals surface area contributed by atoms with Gasteiger partial charge in [-0.05, 0) is 6.07 Å². The van der Waals surface area contributed by atoms with Crippen LogP contribution in [0.15, 0.2) is 24.8 Å². The molecule has 0 bridgehead atoms. The molecule has 0 aliphatic heterocycles. The summed E-state index contributed by atoms with van der Waals surface area (Å²) in [5.41, 5.74) is 0.866. The van der Waals surface area contributed by atoms with Crippen molar-refractivity contribution in [2.45, 2.75) is 0 Å². The molecule has 0 aromatic heterocycles. The van der Waals surface area contributed by atoms with E-state index in [0.717, 1.165) is 0 Å². The van der Waals surface area contributed by atoms with Gasteiger partial charge >= 0.3 is 0 Å². The Hall–Kier alpha value is -1.77. The van der Waals surface area contributed by atoms with E-state index in [1.807, 2.05) is 0 Å². The molecule has 0 aliphatic rings. The van der Waals surface area contributed by atoms with Crippen LogP contribution in [0.1, 0.15) is 15.9 Å². The van der Waals surface area contributed by atoms with Crippen LogP contribution in [0.5, 0.6) is 5.75 Å². The number of hydrogen-bond donors (Lipinski definition) is 1. The van der Waals surface area contributed by atoms with Crippen molar-refractivity contribution in [3.63, 3.8) is 0 Å². The third-order valence-corrected chi connectivity index (χ3v) is 1.92. The zero-order chi connectivity index (χ0) is 10.7. The van der Waals surface area contributed by atoms with E-state index in [9.17, 15) is 9.90 Å². The molecule has 0 spiro atoms. The lowest BCUT2D eigenvalue weighted by atomic mass is 10.1. The molecule has 1 aromatic rings. The van der Waals surface area contributed by atoms with E-state index >= 15 is 0 Å². The number of carbonyl (C=O) groups is 1. The maximum Gasteiger partial charge on any atom is 0.257 e. The fourth-order valence-electron chi connectivity index (χ4n) is 1.14. The van der Waals surface area contributed by atoms with Gasteiger partial charge in [-0.2, -0.15) is 0 Å². The second-order valence-electron chi connectivity index (χ2n) is 3.15. The van der Waals surface area contributed by atoms with Crippen molar-refractivity contribution in [2.24, 2.45) is 0 Å². The highest BCUT2D eigenvalue weighted by molar-refractivity contribution is 5.97. The zero-order valence-corrected chi connectivity index (χ0v) is 8.32. The monoisotopic (exact) mass is 191 g/mol. The van der Waals surface area contributed by atoms with Gasteiger partial charge in [0.1, 0.15) is 5.75 Å². The Balaban J connectivity index is 3.22. The molecule has 14 heavy (non-hydrogen) atoms. The predicted molar refractivity (Wildman–Crippen MR) is 56.2 cm³/mol. The summed E-state index contributed by atoms with van der Waals surface area (Å²) >= 11 is 0. The maximum atomic E-state index is 11.6. The second kappa shape index (κ2) is 3.96. The van der Waals surface area contributed by atoms with Crippen molar-refractivity contribution in [3.8, 4) is 5.75 Å². The number of benzene rings is 1. The van der Waals surface area contributed by atoms with Gasteiger partial charge in [0.05, 0.1) is 5.56 Å². The quantitative estimate of drug-likeness (QED) is 0.773. The van der Waals surface area contributed by atoms with Gasteiger partial charge in [-0.25, -0.2) is 0 Å². The number of para-hydroxylation sites is 1. The van der Waals surface area contributed by atoms with Gasteiger partial charge in [-0.15, -0.1) is 0 Å². The Morgan fingerprint density at radius 3 is 2.64 bits per heavy atom. The molecular weight excluding hydrogens is 178 g/mol. The number of phenols is 1. The molecule has 0 saturated carbocycles. The largest absolute Gasteiger partial charge is 0.506 e. The maximum absolute atomic E-state index is 11.6. The van der Waals surface area contributed by atoms with Crippen LogP contribution < -0.4 is 0 Å². The molecule has 1 aromatic carbocycles. The summed E-state index contributed by atoms with van der Waals surface area (Å²) in [5, 5.41) is 9.69. The Kier molecular flexibility index (Phi) is 2.92. The van der Waals surface area contributed by atoms with Gasteiger partial charge in [0.15, 0.2) is 0 Å². The van der Waals surface area contributed by atoms with Crippen LogP contribution in [0.25, 0.3) is 6.08 Å². The van der Waals surface area contributed by atoms with Gasteiger partial charge < -0.3 is 10.0 Å². The number of hydrogen-bond acceptors (Lipinski definition) is 2. The normalized spacial score (nSPS) is 9.57. The van der Waals surface area contributed by atoms with Crippen LogP contribution in [-0.4, -0.2) is 30.0 Å². The minimum Gasteiger partial charge on any atom is -0.506 e. The van der Waals surface area contributed by atoms with E-state index in [2.05, 4.69) is 6.58 Å². The van der Waals surface area contributed by atoms with Crippen molar-refractivity contribution >= 4 is 12.0 Å². The van der Waals surface area contributed by atoms with E-state index < -0.39 is 0 Å². The average Bonchev–Trinajstić information content (AvgIpc) is 2.17. The predicted octanol–water partition coefficient (Wildman–Crippen LogP) is 1.74. The number of rotatable bonds is 2. The van der Waals surface area contributed by atoms with Gasteiger partial charge in [0.2, 0.25) is 0 Å². The van der Waals surface area contributed by atoms with E-state index in [0.29, 0.717) is 11.1 Å². The fourth-order valence-corrected chi connectivity index (χ4v) is 1.14. The first-order valence-corrected chi connectivity index (χ1v) is 4.24. The first-order valence-electron chi connectivity index (χ1n) is 4.24. The third kappa shape index (κ3) is 1.76. The van der Waals surface area contributed by atoms with Gasteiger partial charge in [-0.3, -0.25) is 4.79 Å². The van der Waals surface area contributed by atoms with Crippen LogP contribution in [0.2, 0.25) is 0 Å². The summed E-state index contributed by atoms with van der Waals surface area (Å²) in [6.45, 7) is 3.55. The number of nitrogens with zero attached hydrogens (tertiary/aromatic N) is 1. The lowest BCUT2D eigenvalue weighted by molar-refractivity contribution is 0.0824. The third-order valence-electron chi connectivity index (χ3n) is 1.92. The SMILES string of the molecule is C=Cc1cccc(C(=O)N(C)C)c1O. The number of aromatic hydroxyl groups is 1. The first-order chi connectivity index (χ1) is 6.57. The molecule has 1 N–H and O–H groups in total. The summed E-state index contributed by atoms with van der Waals surface area (Å²) in [6, 6.07) is 5.01. The number of phenolic OH excluding ortho intramolecular Hbond substituents is 1. The molecule has 0 heterocycles. The summed E-state index contributed by atoms with van der Waals surface area (Å²) in [6.07, 6.45) is 1.52. The highest BCUT2D eigenvalue weighted by Gasteiger charge is 2.13. The van der Waals surface area contributed by atoms with E-state index in [-0.39, 0.29) is 11.7 Å². The Morgan fingerprint density at radius 1 is 1.50 bits per heavy atom. The van der Waals surface area contributed by atoms with E-state index in [4.69, 9.17) is 0 Å². The topological polar surface area (TPSA) is 40.5 Å². The Labute approximate surface area is 83.3 Å². The molecule has 74 valence electrons. The second-order valence-corrected chi connectivity index (χ2v) is 3.15. The molecule has 0 radical (unpaired) electrons. The highest BCUT2D eigenvalue weighted by atomic mass is 16.3. The summed E-state index contributed by atoms with van der Waals surface area (Å²) in [5.74, 6) is -0.229. The average molecular weight is 191 g/mol. The van der Waals surface area contributed by atoms with Crippen LogP contribution in [0.3, 0.4) is 0 Å². The van der Waals surface area contributed by atoms with Crippen LogP contribution in [0, 0.1) is 0 Å². The molecule has 3 nitrogen and oxygen atoms in total. The zero-order valence-electron chi connectivity index (χ0n) is 8.32. The van der Waals surface area contributed by atoms with Gasteiger partial charge in [0, 0.05) is 19.7 Å². The molecule has 3 heteroatoms. The van der Waals surface area contributed by atoms with Gasteiger partial charge in [0.25, 0.3) is 5.91 Å². The molecular formula is C11H13NO2. The Morgan fingerprint density at radius 2 is 2.14 bits per heavy atom. The summed E-state index contributed by atoms with van der Waals surface area (Å²) < 4.78 is 0. The smallest absolute Gasteiger partial charge is 0.257 e. The van der Waals surface area contributed by atoms with Crippen molar-refractivity contribution in [2.75, 3.05) is 14.1 Å². The van der Waals surface area contributed by atoms with Crippen molar-refractivity contribution in [1.82, 2.24) is 4.90 Å². The molecule has 1 amide bonds. The lowest BCUT2D eigenvalue weighted by Crippen LogP contribution is -2.21. The van der Waals surface area contributed by atoms with Crippen LogP contribution in [-0.2, 0) is 0 Å². The van der Waals surface area contributed by atoms with Crippen molar-refractivity contribution < 1.29 is 9.90 Å². The number of amides is 1. The van der Waals surface area contributed by atoms with Gasteiger partial charge in [-0.1, -0.05) is 24.8 Å². The first kappa shape index (κ1) is 10.3. The minimum absolute atomic E-state index is 0.0128. The van der Waals surface area contributed by atoms with Crippen LogP contribution >= 0.6 is 0 Å². The van der Waals surface area contributed by atoms with Crippen molar-refractivity contribution in [3.05, 3.63) is 35.9 Å². The molecule has 0 unspecified atom stereocenters. The van der Waals surface area contributed by atoms with Crippen LogP contribution in [0.4, 0.5) is 0 Å². The highest BCUT2D eigenvalue weighted by Crippen LogP contribution is 2.23. The van der Waals surface area contributed by atoms with Crippen molar-refractivity contribution in [1.29, 1.82) is 0 Å².